The molecule has 0 spiro atoms. The van der Waals surface area contributed by atoms with E-state index in [1.165, 1.54) is 18.2 Å². The van der Waals surface area contributed by atoms with Crippen LogP contribution in [0.25, 0.3) is 6.08 Å². The number of carbonyl (C=O) groups is 1. The highest BCUT2D eigenvalue weighted by Crippen LogP contribution is 2.24. The monoisotopic (exact) mass is 336 g/mol. The summed E-state index contributed by atoms with van der Waals surface area (Å²) in [5, 5.41) is 23.0. The summed E-state index contributed by atoms with van der Waals surface area (Å²) in [5.41, 5.74) is 0.914. The molecule has 1 aromatic heterocycles. The minimum Gasteiger partial charge on any atom is -0.508 e. The highest BCUT2D eigenvalue weighted by Gasteiger charge is 2.10. The molecule has 2 aromatic rings. The zero-order chi connectivity index (χ0) is 14.7. The van der Waals surface area contributed by atoms with E-state index in [2.05, 4.69) is 21.0 Å². The standard InChI is InChI=1S/C14H13BrN2O3/c1-2-17-12(11(15)8-16-17)5-6-13(19)10-4-3-9(18)7-14(10)20/h3-8,18,20H,2H2,1H3/b6-5+. The maximum absolute atomic E-state index is 12.0. The lowest BCUT2D eigenvalue weighted by molar-refractivity contribution is 0.104. The van der Waals surface area contributed by atoms with Crippen molar-refractivity contribution in [1.29, 1.82) is 0 Å². The molecule has 0 saturated heterocycles. The third-order valence-corrected chi connectivity index (χ3v) is 3.38. The maximum Gasteiger partial charge on any atom is 0.189 e. The first-order valence-electron chi connectivity index (χ1n) is 5.98. The quantitative estimate of drug-likeness (QED) is 0.664. The molecule has 0 fully saturated rings. The lowest BCUT2D eigenvalue weighted by Gasteiger charge is -2.02. The largest absolute Gasteiger partial charge is 0.508 e. The SMILES string of the molecule is CCn1ncc(Br)c1/C=C/C(=O)c1ccc(O)cc1O. The van der Waals surface area contributed by atoms with Crippen molar-refractivity contribution < 1.29 is 15.0 Å². The van der Waals surface area contributed by atoms with Gasteiger partial charge in [-0.3, -0.25) is 9.48 Å². The highest BCUT2D eigenvalue weighted by atomic mass is 79.9. The van der Waals surface area contributed by atoms with Crippen molar-refractivity contribution >= 4 is 27.8 Å². The predicted molar refractivity (Wildman–Crippen MR) is 78.7 cm³/mol. The number of carbonyl (C=O) groups excluding carboxylic acids is 1. The first-order chi connectivity index (χ1) is 9.52. The van der Waals surface area contributed by atoms with Crippen molar-refractivity contribution in [2.45, 2.75) is 13.5 Å². The first kappa shape index (κ1) is 14.3. The summed E-state index contributed by atoms with van der Waals surface area (Å²) in [5.74, 6) is -0.684. The van der Waals surface area contributed by atoms with E-state index in [1.54, 1.807) is 17.0 Å². The summed E-state index contributed by atoms with van der Waals surface area (Å²) in [6, 6.07) is 3.86. The predicted octanol–water partition coefficient (Wildman–Crippen LogP) is 2.97. The molecule has 0 unspecified atom stereocenters. The van der Waals surface area contributed by atoms with Crippen LogP contribution in [0.15, 0.2) is 34.9 Å². The maximum atomic E-state index is 12.0. The normalized spacial score (nSPS) is 11.1. The highest BCUT2D eigenvalue weighted by molar-refractivity contribution is 9.10. The van der Waals surface area contributed by atoms with Crippen molar-refractivity contribution in [3.8, 4) is 11.5 Å². The molecule has 104 valence electrons. The van der Waals surface area contributed by atoms with Gasteiger partial charge in [-0.2, -0.15) is 5.10 Å². The third kappa shape index (κ3) is 2.91. The third-order valence-electron chi connectivity index (χ3n) is 2.77. The molecule has 0 amide bonds. The van der Waals surface area contributed by atoms with Crippen LogP contribution in [-0.2, 0) is 6.54 Å². The van der Waals surface area contributed by atoms with E-state index in [9.17, 15) is 15.0 Å². The molecule has 1 aromatic carbocycles. The van der Waals surface area contributed by atoms with Gasteiger partial charge in [-0.05, 0) is 47.1 Å². The number of aryl methyl sites for hydroxylation is 1. The number of halogens is 1. The van der Waals surface area contributed by atoms with E-state index >= 15 is 0 Å². The van der Waals surface area contributed by atoms with Crippen molar-refractivity contribution in [1.82, 2.24) is 9.78 Å². The minimum atomic E-state index is -0.349. The number of phenolic OH excluding ortho intramolecular Hbond substituents is 2. The number of phenols is 2. The van der Waals surface area contributed by atoms with Crippen LogP contribution in [0.1, 0.15) is 23.0 Å². The molecule has 0 bridgehead atoms. The van der Waals surface area contributed by atoms with Crippen LogP contribution in [0.5, 0.6) is 11.5 Å². The Hall–Kier alpha value is -2.08. The van der Waals surface area contributed by atoms with Gasteiger partial charge in [0.05, 0.1) is 21.9 Å². The van der Waals surface area contributed by atoms with Gasteiger partial charge < -0.3 is 10.2 Å². The summed E-state index contributed by atoms with van der Waals surface area (Å²) < 4.78 is 2.53. The number of ketones is 1. The number of aromatic hydroxyl groups is 2. The lowest BCUT2D eigenvalue weighted by atomic mass is 10.1. The molecular formula is C14H13BrN2O3. The Kier molecular flexibility index (Phi) is 4.24. The molecule has 0 atom stereocenters. The smallest absolute Gasteiger partial charge is 0.189 e. The van der Waals surface area contributed by atoms with Gasteiger partial charge in [0.15, 0.2) is 5.78 Å². The topological polar surface area (TPSA) is 75.4 Å². The minimum absolute atomic E-state index is 0.0881. The van der Waals surface area contributed by atoms with Gasteiger partial charge in [0, 0.05) is 12.6 Å². The van der Waals surface area contributed by atoms with Gasteiger partial charge in [-0.25, -0.2) is 0 Å². The number of hydrogen-bond donors (Lipinski definition) is 2. The number of allylic oxidation sites excluding steroid dienone is 1. The Morgan fingerprint density at radius 2 is 2.20 bits per heavy atom. The van der Waals surface area contributed by atoms with Crippen LogP contribution in [0.2, 0.25) is 0 Å². The first-order valence-corrected chi connectivity index (χ1v) is 6.78. The van der Waals surface area contributed by atoms with Crippen molar-refractivity contribution in [2.75, 3.05) is 0 Å². The molecule has 5 nitrogen and oxygen atoms in total. The fourth-order valence-corrected chi connectivity index (χ4v) is 2.19. The van der Waals surface area contributed by atoms with Crippen LogP contribution < -0.4 is 0 Å². The molecule has 6 heteroatoms. The van der Waals surface area contributed by atoms with Crippen molar-refractivity contribution in [3.63, 3.8) is 0 Å². The van der Waals surface area contributed by atoms with Crippen molar-refractivity contribution in [2.24, 2.45) is 0 Å². The van der Waals surface area contributed by atoms with Gasteiger partial charge in [0.2, 0.25) is 0 Å². The Morgan fingerprint density at radius 1 is 1.45 bits per heavy atom. The molecule has 0 radical (unpaired) electrons. The zero-order valence-electron chi connectivity index (χ0n) is 10.7. The summed E-state index contributed by atoms with van der Waals surface area (Å²) >= 11 is 3.36. The van der Waals surface area contributed by atoms with Crippen LogP contribution in [-0.4, -0.2) is 25.8 Å². The number of aromatic nitrogens is 2. The number of benzene rings is 1. The van der Waals surface area contributed by atoms with Crippen LogP contribution in [0.3, 0.4) is 0 Å². The molecule has 1 heterocycles. The molecule has 0 aliphatic rings. The number of rotatable bonds is 4. The average Bonchev–Trinajstić information content (AvgIpc) is 2.76. The zero-order valence-corrected chi connectivity index (χ0v) is 12.3. The second-order valence-electron chi connectivity index (χ2n) is 4.09. The fourth-order valence-electron chi connectivity index (χ4n) is 1.76. The molecular weight excluding hydrogens is 324 g/mol. The van der Waals surface area contributed by atoms with Gasteiger partial charge in [0.25, 0.3) is 0 Å². The number of hydrogen-bond acceptors (Lipinski definition) is 4. The second-order valence-corrected chi connectivity index (χ2v) is 4.95. The van der Waals surface area contributed by atoms with E-state index < -0.39 is 0 Å². The Balaban J connectivity index is 2.27. The van der Waals surface area contributed by atoms with Crippen LogP contribution >= 0.6 is 15.9 Å². The molecule has 2 N–H and O–H groups in total. The second kappa shape index (κ2) is 5.92. The van der Waals surface area contributed by atoms with Gasteiger partial charge in [-0.1, -0.05) is 0 Å². The van der Waals surface area contributed by atoms with Crippen molar-refractivity contribution in [3.05, 3.63) is 46.2 Å². The Labute approximate surface area is 124 Å². The van der Waals surface area contributed by atoms with E-state index in [0.29, 0.717) is 6.54 Å². The Morgan fingerprint density at radius 3 is 2.85 bits per heavy atom. The molecule has 2 rings (SSSR count). The molecule has 20 heavy (non-hydrogen) atoms. The van der Waals surface area contributed by atoms with Gasteiger partial charge >= 0.3 is 0 Å². The molecule has 0 saturated carbocycles. The summed E-state index contributed by atoms with van der Waals surface area (Å²) in [6.45, 7) is 2.63. The van der Waals surface area contributed by atoms with Crippen LogP contribution in [0.4, 0.5) is 0 Å². The van der Waals surface area contributed by atoms with E-state index in [-0.39, 0.29) is 22.8 Å². The van der Waals surface area contributed by atoms with Crippen LogP contribution in [0, 0.1) is 0 Å². The van der Waals surface area contributed by atoms with Gasteiger partial charge in [0.1, 0.15) is 11.5 Å². The van der Waals surface area contributed by atoms with E-state index in [0.717, 1.165) is 16.2 Å². The summed E-state index contributed by atoms with van der Waals surface area (Å²) in [4.78, 5) is 12.0. The lowest BCUT2D eigenvalue weighted by Crippen LogP contribution is -2.00. The van der Waals surface area contributed by atoms with E-state index in [4.69, 9.17) is 0 Å². The Bertz CT molecular complexity index is 677. The fraction of sp³-hybridized carbons (Fsp3) is 0.143. The van der Waals surface area contributed by atoms with E-state index in [1.807, 2.05) is 6.92 Å². The summed E-state index contributed by atoms with van der Waals surface area (Å²) in [6.07, 6.45) is 4.65. The van der Waals surface area contributed by atoms with Gasteiger partial charge in [-0.15, -0.1) is 0 Å². The molecule has 0 aliphatic heterocycles. The molecule has 0 aliphatic carbocycles. The average molecular weight is 337 g/mol. The summed E-state index contributed by atoms with van der Waals surface area (Å²) in [7, 11) is 0. The number of nitrogens with zero attached hydrogens (tertiary/aromatic N) is 2.